The van der Waals surface area contributed by atoms with Crippen molar-refractivity contribution < 1.29 is 14.7 Å². The Labute approximate surface area is 83.1 Å². The summed E-state index contributed by atoms with van der Waals surface area (Å²) in [7, 11) is 0. The molecular formula is C9H16N2O3. The highest BCUT2D eigenvalue weighted by molar-refractivity contribution is 5.77. The van der Waals surface area contributed by atoms with Gasteiger partial charge in [0.2, 0.25) is 0 Å². The topological polar surface area (TPSA) is 69.6 Å². The second-order valence-corrected chi connectivity index (χ2v) is 3.87. The van der Waals surface area contributed by atoms with Gasteiger partial charge in [-0.15, -0.1) is 0 Å². The average molecular weight is 200 g/mol. The van der Waals surface area contributed by atoms with Gasteiger partial charge in [-0.2, -0.15) is 0 Å². The van der Waals surface area contributed by atoms with Gasteiger partial charge in [-0.05, 0) is 5.92 Å². The Morgan fingerprint density at radius 2 is 2.29 bits per heavy atom. The van der Waals surface area contributed by atoms with E-state index in [4.69, 9.17) is 5.11 Å². The maximum atomic E-state index is 11.2. The molecular weight excluding hydrogens is 184 g/mol. The summed E-state index contributed by atoms with van der Waals surface area (Å²) in [5.74, 6) is -1.26. The molecule has 0 saturated carbocycles. The molecule has 1 aliphatic rings. The molecule has 5 heteroatoms. The smallest absolute Gasteiger partial charge is 0.317 e. The van der Waals surface area contributed by atoms with Gasteiger partial charge < -0.3 is 15.3 Å². The molecule has 1 heterocycles. The van der Waals surface area contributed by atoms with Crippen LogP contribution < -0.4 is 5.32 Å². The third-order valence-electron chi connectivity index (χ3n) is 2.48. The van der Waals surface area contributed by atoms with Crippen LogP contribution in [0.2, 0.25) is 0 Å². The number of hydrogen-bond donors (Lipinski definition) is 2. The molecule has 1 aliphatic heterocycles. The summed E-state index contributed by atoms with van der Waals surface area (Å²) in [5, 5.41) is 11.6. The molecule has 0 bridgehead atoms. The molecule has 1 rings (SSSR count). The van der Waals surface area contributed by atoms with Gasteiger partial charge in [0.05, 0.1) is 5.92 Å². The lowest BCUT2D eigenvalue weighted by Crippen LogP contribution is -2.37. The number of carbonyl (C=O) groups is 2. The summed E-state index contributed by atoms with van der Waals surface area (Å²) in [6.07, 6.45) is 0. The second kappa shape index (κ2) is 4.30. The van der Waals surface area contributed by atoms with Crippen LogP contribution in [0.4, 0.5) is 4.79 Å². The van der Waals surface area contributed by atoms with Gasteiger partial charge in [-0.1, -0.05) is 13.8 Å². The molecule has 0 spiro atoms. The van der Waals surface area contributed by atoms with Gasteiger partial charge in [0, 0.05) is 19.6 Å². The van der Waals surface area contributed by atoms with E-state index in [2.05, 4.69) is 5.32 Å². The Bertz CT molecular complexity index is 240. The highest BCUT2D eigenvalue weighted by Gasteiger charge is 2.28. The maximum absolute atomic E-state index is 11.2. The highest BCUT2D eigenvalue weighted by Crippen LogP contribution is 2.14. The van der Waals surface area contributed by atoms with Crippen molar-refractivity contribution in [1.29, 1.82) is 0 Å². The van der Waals surface area contributed by atoms with Gasteiger partial charge in [0.25, 0.3) is 0 Å². The zero-order valence-electron chi connectivity index (χ0n) is 8.49. The zero-order valence-corrected chi connectivity index (χ0v) is 8.49. The summed E-state index contributed by atoms with van der Waals surface area (Å²) in [5.41, 5.74) is 0. The van der Waals surface area contributed by atoms with Crippen molar-refractivity contribution in [2.45, 2.75) is 13.8 Å². The molecule has 0 aromatic heterocycles. The Hall–Kier alpha value is -1.26. The largest absolute Gasteiger partial charge is 0.481 e. The number of nitrogens with zero attached hydrogens (tertiary/aromatic N) is 1. The minimum Gasteiger partial charge on any atom is -0.481 e. The van der Waals surface area contributed by atoms with Crippen molar-refractivity contribution in [3.05, 3.63) is 0 Å². The summed E-state index contributed by atoms with van der Waals surface area (Å²) < 4.78 is 0. The van der Waals surface area contributed by atoms with Gasteiger partial charge in [-0.3, -0.25) is 4.79 Å². The normalized spacial score (nSPS) is 18.5. The number of rotatable bonds is 4. The van der Waals surface area contributed by atoms with Crippen molar-refractivity contribution in [2.24, 2.45) is 11.8 Å². The van der Waals surface area contributed by atoms with Crippen LogP contribution >= 0.6 is 0 Å². The lowest BCUT2D eigenvalue weighted by molar-refractivity contribution is -0.143. The van der Waals surface area contributed by atoms with Crippen molar-refractivity contribution in [1.82, 2.24) is 10.2 Å². The predicted molar refractivity (Wildman–Crippen MR) is 50.9 cm³/mol. The van der Waals surface area contributed by atoms with Crippen LogP contribution in [-0.2, 0) is 4.79 Å². The van der Waals surface area contributed by atoms with E-state index in [1.54, 1.807) is 4.90 Å². The van der Waals surface area contributed by atoms with Crippen LogP contribution in [0.1, 0.15) is 13.8 Å². The summed E-state index contributed by atoms with van der Waals surface area (Å²) in [4.78, 5) is 23.6. The standard InChI is InChI=1S/C9H16N2O3/c1-6(2)7(8(12)13)5-11-4-3-10-9(11)14/h6-7H,3-5H2,1-2H3,(H,10,14)(H,12,13). The number of carboxylic acids is 1. The first-order chi connectivity index (χ1) is 6.52. The average Bonchev–Trinajstić information content (AvgIpc) is 2.46. The minimum atomic E-state index is -0.834. The molecule has 0 aromatic rings. The molecule has 0 radical (unpaired) electrons. The SMILES string of the molecule is CC(C)C(CN1CCNC1=O)C(=O)O. The maximum Gasteiger partial charge on any atom is 0.317 e. The van der Waals surface area contributed by atoms with Gasteiger partial charge >= 0.3 is 12.0 Å². The number of carbonyl (C=O) groups excluding carboxylic acids is 1. The molecule has 1 fully saturated rings. The van der Waals surface area contributed by atoms with Gasteiger partial charge in [0.1, 0.15) is 0 Å². The van der Waals surface area contributed by atoms with Crippen LogP contribution in [-0.4, -0.2) is 41.6 Å². The molecule has 5 nitrogen and oxygen atoms in total. The third-order valence-corrected chi connectivity index (χ3v) is 2.48. The molecule has 80 valence electrons. The van der Waals surface area contributed by atoms with Crippen LogP contribution in [0.25, 0.3) is 0 Å². The fourth-order valence-corrected chi connectivity index (χ4v) is 1.50. The van der Waals surface area contributed by atoms with Crippen LogP contribution in [0.3, 0.4) is 0 Å². The first-order valence-corrected chi connectivity index (χ1v) is 4.78. The number of hydrogen-bond acceptors (Lipinski definition) is 2. The number of nitrogens with one attached hydrogen (secondary N) is 1. The van der Waals surface area contributed by atoms with Crippen molar-refractivity contribution in [3.63, 3.8) is 0 Å². The number of urea groups is 1. The van der Waals surface area contributed by atoms with E-state index in [9.17, 15) is 9.59 Å². The number of aliphatic carboxylic acids is 1. The molecule has 1 atom stereocenters. The molecule has 2 N–H and O–H groups in total. The zero-order chi connectivity index (χ0) is 10.7. The van der Waals surface area contributed by atoms with E-state index in [0.29, 0.717) is 19.6 Å². The lowest BCUT2D eigenvalue weighted by atomic mass is 9.95. The first-order valence-electron chi connectivity index (χ1n) is 4.78. The molecule has 1 unspecified atom stereocenters. The van der Waals surface area contributed by atoms with Gasteiger partial charge in [-0.25, -0.2) is 4.79 Å². The molecule has 0 aromatic carbocycles. The molecule has 2 amide bonds. The predicted octanol–water partition coefficient (Wildman–Crippen LogP) is 0.368. The van der Waals surface area contributed by atoms with Crippen LogP contribution in [0, 0.1) is 11.8 Å². The summed E-state index contributed by atoms with van der Waals surface area (Å²) in [6.45, 7) is 5.23. The summed E-state index contributed by atoms with van der Waals surface area (Å²) in [6, 6.07) is -0.156. The van der Waals surface area contributed by atoms with Gasteiger partial charge in [0.15, 0.2) is 0 Å². The first kappa shape index (κ1) is 10.8. The third kappa shape index (κ3) is 2.37. The molecule has 0 aliphatic carbocycles. The van der Waals surface area contributed by atoms with E-state index in [1.807, 2.05) is 13.8 Å². The number of amides is 2. The number of carboxylic acid groups (broad SMARTS) is 1. The van der Waals surface area contributed by atoms with E-state index in [-0.39, 0.29) is 11.9 Å². The van der Waals surface area contributed by atoms with Crippen LogP contribution in [0.15, 0.2) is 0 Å². The Balaban J connectivity index is 2.55. The van der Waals surface area contributed by atoms with E-state index < -0.39 is 11.9 Å². The Morgan fingerprint density at radius 3 is 2.64 bits per heavy atom. The monoisotopic (exact) mass is 200 g/mol. The summed E-state index contributed by atoms with van der Waals surface area (Å²) >= 11 is 0. The van der Waals surface area contributed by atoms with E-state index in [1.165, 1.54) is 0 Å². The van der Waals surface area contributed by atoms with E-state index in [0.717, 1.165) is 0 Å². The van der Waals surface area contributed by atoms with E-state index >= 15 is 0 Å². The Kier molecular flexibility index (Phi) is 3.33. The fraction of sp³-hybridized carbons (Fsp3) is 0.778. The van der Waals surface area contributed by atoms with Crippen molar-refractivity contribution in [2.75, 3.05) is 19.6 Å². The van der Waals surface area contributed by atoms with Crippen molar-refractivity contribution >= 4 is 12.0 Å². The second-order valence-electron chi connectivity index (χ2n) is 3.87. The molecule has 1 saturated heterocycles. The van der Waals surface area contributed by atoms with Crippen molar-refractivity contribution in [3.8, 4) is 0 Å². The quantitative estimate of drug-likeness (QED) is 0.688. The Morgan fingerprint density at radius 1 is 1.64 bits per heavy atom. The molecule has 14 heavy (non-hydrogen) atoms. The van der Waals surface area contributed by atoms with Crippen LogP contribution in [0.5, 0.6) is 0 Å². The minimum absolute atomic E-state index is 0.0425. The lowest BCUT2D eigenvalue weighted by Gasteiger charge is -2.22. The fourth-order valence-electron chi connectivity index (χ4n) is 1.50. The highest BCUT2D eigenvalue weighted by atomic mass is 16.4.